The van der Waals surface area contributed by atoms with Gasteiger partial charge in [-0.2, -0.15) is 10.5 Å². The number of nitrogen functional groups attached to an aromatic ring is 1. The average Bonchev–Trinajstić information content (AvgIpc) is 2.62. The van der Waals surface area contributed by atoms with Gasteiger partial charge in [-0.3, -0.25) is 0 Å². The van der Waals surface area contributed by atoms with E-state index in [9.17, 15) is 5.26 Å². The first-order chi connectivity index (χ1) is 11.2. The van der Waals surface area contributed by atoms with Crippen molar-refractivity contribution in [2.75, 3.05) is 41.7 Å². The zero-order valence-corrected chi connectivity index (χ0v) is 12.6. The van der Waals surface area contributed by atoms with E-state index in [1.165, 1.54) is 11.8 Å². The highest BCUT2D eigenvalue weighted by atomic mass is 15.3. The summed E-state index contributed by atoms with van der Waals surface area (Å²) in [5.74, 6) is 0.740. The Morgan fingerprint density at radius 2 is 1.52 bits per heavy atom. The van der Waals surface area contributed by atoms with Crippen LogP contribution in [0.25, 0.3) is 0 Å². The molecule has 1 saturated heterocycles. The van der Waals surface area contributed by atoms with Crippen molar-refractivity contribution >= 4 is 17.3 Å². The summed E-state index contributed by atoms with van der Waals surface area (Å²) >= 11 is 0. The van der Waals surface area contributed by atoms with Crippen LogP contribution < -0.4 is 15.5 Å². The minimum absolute atomic E-state index is 0.173. The molecule has 0 radical (unpaired) electrons. The van der Waals surface area contributed by atoms with Gasteiger partial charge in [0.25, 0.3) is 0 Å². The Hall–Kier alpha value is -3.25. The van der Waals surface area contributed by atoms with Gasteiger partial charge in [-0.1, -0.05) is 18.2 Å². The zero-order valence-electron chi connectivity index (χ0n) is 12.6. The molecule has 23 heavy (non-hydrogen) atoms. The van der Waals surface area contributed by atoms with Crippen LogP contribution in [0, 0.1) is 22.7 Å². The SMILES string of the molecule is N#Cc1cc(C#N)c(N2CCN(c3ccccc3)CC2)nc1N. The Morgan fingerprint density at radius 1 is 0.913 bits per heavy atom. The second kappa shape index (κ2) is 6.25. The standard InChI is InChI=1S/C17H16N6/c18-11-13-10-14(12-19)17(21-16(13)20)23-8-6-22(7-9-23)15-4-2-1-3-5-15/h1-5,10H,6-9H2,(H2,20,21). The van der Waals surface area contributed by atoms with Gasteiger partial charge in [-0.15, -0.1) is 0 Å². The number of nitrogens with zero attached hydrogens (tertiary/aromatic N) is 5. The number of nitrogens with two attached hydrogens (primary N) is 1. The largest absolute Gasteiger partial charge is 0.383 e. The first-order valence-electron chi connectivity index (χ1n) is 7.38. The molecule has 6 nitrogen and oxygen atoms in total. The summed E-state index contributed by atoms with van der Waals surface area (Å²) in [5, 5.41) is 18.3. The van der Waals surface area contributed by atoms with E-state index in [0.29, 0.717) is 11.4 Å². The highest BCUT2D eigenvalue weighted by Gasteiger charge is 2.21. The lowest BCUT2D eigenvalue weighted by Crippen LogP contribution is -2.47. The molecule has 0 aliphatic carbocycles. The number of benzene rings is 1. The lowest BCUT2D eigenvalue weighted by atomic mass is 10.1. The maximum atomic E-state index is 9.31. The Labute approximate surface area is 135 Å². The van der Waals surface area contributed by atoms with E-state index in [1.807, 2.05) is 24.3 Å². The van der Waals surface area contributed by atoms with Crippen LogP contribution in [0.2, 0.25) is 0 Å². The Kier molecular flexibility index (Phi) is 3.99. The predicted octanol–water partition coefficient (Wildman–Crippen LogP) is 1.73. The van der Waals surface area contributed by atoms with Crippen molar-refractivity contribution in [3.8, 4) is 12.1 Å². The smallest absolute Gasteiger partial charge is 0.149 e. The summed E-state index contributed by atoms with van der Waals surface area (Å²) in [7, 11) is 0. The van der Waals surface area contributed by atoms with Crippen LogP contribution in [0.15, 0.2) is 36.4 Å². The molecular weight excluding hydrogens is 288 g/mol. The van der Waals surface area contributed by atoms with E-state index in [-0.39, 0.29) is 11.4 Å². The molecule has 0 unspecified atom stereocenters. The number of nitriles is 2. The van der Waals surface area contributed by atoms with Crippen molar-refractivity contribution in [1.29, 1.82) is 10.5 Å². The van der Waals surface area contributed by atoms with Gasteiger partial charge in [0.15, 0.2) is 0 Å². The van der Waals surface area contributed by atoms with Gasteiger partial charge < -0.3 is 15.5 Å². The molecule has 1 aromatic carbocycles. The molecule has 2 heterocycles. The molecule has 3 rings (SSSR count). The molecule has 2 aromatic rings. The summed E-state index contributed by atoms with van der Waals surface area (Å²) in [6, 6.07) is 15.8. The molecule has 0 saturated carbocycles. The molecule has 1 fully saturated rings. The topological polar surface area (TPSA) is 93.0 Å². The molecule has 0 spiro atoms. The van der Waals surface area contributed by atoms with E-state index in [4.69, 9.17) is 11.0 Å². The van der Waals surface area contributed by atoms with Crippen LogP contribution in [0.1, 0.15) is 11.1 Å². The molecular formula is C17H16N6. The van der Waals surface area contributed by atoms with Crippen molar-refractivity contribution in [2.24, 2.45) is 0 Å². The van der Waals surface area contributed by atoms with E-state index >= 15 is 0 Å². The van der Waals surface area contributed by atoms with Crippen LogP contribution in [0.5, 0.6) is 0 Å². The van der Waals surface area contributed by atoms with Crippen molar-refractivity contribution in [2.45, 2.75) is 0 Å². The van der Waals surface area contributed by atoms with Crippen molar-refractivity contribution in [3.05, 3.63) is 47.5 Å². The molecule has 0 amide bonds. The number of piperazine rings is 1. The number of rotatable bonds is 2. The summed E-state index contributed by atoms with van der Waals surface area (Å²) in [5.41, 5.74) is 7.63. The Morgan fingerprint density at radius 3 is 2.13 bits per heavy atom. The highest BCUT2D eigenvalue weighted by molar-refractivity contribution is 5.64. The zero-order chi connectivity index (χ0) is 16.2. The third-order valence-corrected chi connectivity index (χ3v) is 3.97. The maximum absolute atomic E-state index is 9.31. The normalized spacial score (nSPS) is 14.2. The fourth-order valence-corrected chi connectivity index (χ4v) is 2.75. The van der Waals surface area contributed by atoms with E-state index in [0.717, 1.165) is 26.2 Å². The van der Waals surface area contributed by atoms with Crippen molar-refractivity contribution < 1.29 is 0 Å². The van der Waals surface area contributed by atoms with Crippen LogP contribution in [0.3, 0.4) is 0 Å². The average molecular weight is 304 g/mol. The summed E-state index contributed by atoms with van der Waals surface area (Å²) < 4.78 is 0. The number of para-hydroxylation sites is 1. The summed E-state index contributed by atoms with van der Waals surface area (Å²) in [6.45, 7) is 3.19. The number of anilines is 3. The fourth-order valence-electron chi connectivity index (χ4n) is 2.75. The highest BCUT2D eigenvalue weighted by Crippen LogP contribution is 2.24. The maximum Gasteiger partial charge on any atom is 0.149 e. The lowest BCUT2D eigenvalue weighted by Gasteiger charge is -2.37. The fraction of sp³-hybridized carbons (Fsp3) is 0.235. The molecule has 1 aliphatic rings. The second-order valence-electron chi connectivity index (χ2n) is 5.33. The first kappa shape index (κ1) is 14.7. The van der Waals surface area contributed by atoms with Gasteiger partial charge in [0, 0.05) is 31.9 Å². The Balaban J connectivity index is 1.79. The summed E-state index contributed by atoms with van der Waals surface area (Å²) in [4.78, 5) is 8.63. The number of aromatic nitrogens is 1. The van der Waals surface area contributed by atoms with Crippen molar-refractivity contribution in [3.63, 3.8) is 0 Å². The quantitative estimate of drug-likeness (QED) is 0.908. The molecule has 114 valence electrons. The monoisotopic (exact) mass is 304 g/mol. The van der Waals surface area contributed by atoms with Gasteiger partial charge in [0.1, 0.15) is 23.8 Å². The van der Waals surface area contributed by atoms with Crippen LogP contribution in [-0.4, -0.2) is 31.2 Å². The first-order valence-corrected chi connectivity index (χ1v) is 7.38. The Bertz CT molecular complexity index is 779. The third-order valence-electron chi connectivity index (χ3n) is 3.97. The van der Waals surface area contributed by atoms with Gasteiger partial charge in [0.2, 0.25) is 0 Å². The third kappa shape index (κ3) is 2.88. The van der Waals surface area contributed by atoms with Crippen LogP contribution in [0.4, 0.5) is 17.3 Å². The van der Waals surface area contributed by atoms with Gasteiger partial charge in [-0.25, -0.2) is 4.98 Å². The van der Waals surface area contributed by atoms with Crippen LogP contribution >= 0.6 is 0 Å². The predicted molar refractivity (Wildman–Crippen MR) is 88.9 cm³/mol. The van der Waals surface area contributed by atoms with Crippen LogP contribution in [-0.2, 0) is 0 Å². The van der Waals surface area contributed by atoms with Gasteiger partial charge in [-0.05, 0) is 18.2 Å². The molecule has 1 aliphatic heterocycles. The number of pyridine rings is 1. The molecule has 1 aromatic heterocycles. The molecule has 0 bridgehead atoms. The summed E-state index contributed by atoms with van der Waals surface area (Å²) in [6.07, 6.45) is 0. The molecule has 6 heteroatoms. The van der Waals surface area contributed by atoms with Gasteiger partial charge >= 0.3 is 0 Å². The molecule has 0 atom stereocenters. The van der Waals surface area contributed by atoms with Gasteiger partial charge in [0.05, 0.1) is 11.1 Å². The molecule has 2 N–H and O–H groups in total. The number of hydrogen-bond acceptors (Lipinski definition) is 6. The van der Waals surface area contributed by atoms with E-state index in [2.05, 4.69) is 33.0 Å². The minimum Gasteiger partial charge on any atom is -0.383 e. The lowest BCUT2D eigenvalue weighted by molar-refractivity contribution is 0.647. The van der Waals surface area contributed by atoms with E-state index < -0.39 is 0 Å². The van der Waals surface area contributed by atoms with E-state index in [1.54, 1.807) is 0 Å². The van der Waals surface area contributed by atoms with Crippen molar-refractivity contribution in [1.82, 2.24) is 4.98 Å². The minimum atomic E-state index is 0.173. The second-order valence-corrected chi connectivity index (χ2v) is 5.33. The number of hydrogen-bond donors (Lipinski definition) is 1.